The largest absolute Gasteiger partial charge is 0.394 e. The number of halogens is 1. The van der Waals surface area contributed by atoms with Crippen LogP contribution in [0.4, 0.5) is 11.8 Å². The summed E-state index contributed by atoms with van der Waals surface area (Å²) in [5, 5.41) is 14.0. The average molecular weight is 473 g/mol. The van der Waals surface area contributed by atoms with E-state index >= 15 is 0 Å². The fraction of sp³-hybridized carbons (Fsp3) is 0.545. The van der Waals surface area contributed by atoms with E-state index in [1.165, 1.54) is 0 Å². The van der Waals surface area contributed by atoms with Crippen molar-refractivity contribution in [3.63, 3.8) is 0 Å². The van der Waals surface area contributed by atoms with E-state index in [0.29, 0.717) is 29.2 Å². The molecule has 8 nitrogen and oxygen atoms in total. The van der Waals surface area contributed by atoms with Gasteiger partial charge in [0, 0.05) is 31.9 Å². The predicted molar refractivity (Wildman–Crippen MR) is 123 cm³/mol. The maximum atomic E-state index is 13.3. The first-order valence-electron chi connectivity index (χ1n) is 11.1. The Bertz CT molecular complexity index is 1120. The topological polar surface area (TPSA) is 104 Å². The lowest BCUT2D eigenvalue weighted by atomic mass is 9.77. The fourth-order valence-electron chi connectivity index (χ4n) is 4.82. The summed E-state index contributed by atoms with van der Waals surface area (Å²) in [6, 6.07) is 0. The van der Waals surface area contributed by atoms with E-state index in [2.05, 4.69) is 26.3 Å². The normalized spacial score (nSPS) is 24.6. The molecule has 0 amide bonds. The lowest BCUT2D eigenvalue weighted by molar-refractivity contribution is 0.143. The Hall–Kier alpha value is -2.10. The Balaban J connectivity index is 1.31. The summed E-state index contributed by atoms with van der Waals surface area (Å²) in [7, 11) is -1.10. The molecule has 2 saturated carbocycles. The van der Waals surface area contributed by atoms with Crippen molar-refractivity contribution in [2.45, 2.75) is 60.1 Å². The zero-order valence-electron chi connectivity index (χ0n) is 17.7. The van der Waals surface area contributed by atoms with E-state index in [0.717, 1.165) is 67.7 Å². The van der Waals surface area contributed by atoms with E-state index in [1.807, 2.05) is 0 Å². The lowest BCUT2D eigenvalue weighted by Gasteiger charge is -2.41. The summed E-state index contributed by atoms with van der Waals surface area (Å²) in [6.07, 6.45) is 11.7. The van der Waals surface area contributed by atoms with Gasteiger partial charge in [0.2, 0.25) is 5.95 Å². The van der Waals surface area contributed by atoms with Gasteiger partial charge in [-0.2, -0.15) is 4.98 Å². The second-order valence-corrected chi connectivity index (χ2v) is 11.6. The molecule has 10 heteroatoms. The molecule has 2 N–H and O–H groups in total. The minimum Gasteiger partial charge on any atom is -0.394 e. The Morgan fingerprint density at radius 2 is 1.97 bits per heavy atom. The third-order valence-electron chi connectivity index (χ3n) is 7.20. The van der Waals surface area contributed by atoms with Crippen LogP contribution in [0.5, 0.6) is 0 Å². The first-order valence-corrected chi connectivity index (χ1v) is 12.7. The summed E-state index contributed by atoms with van der Waals surface area (Å²) in [4.78, 5) is 21.3. The molecule has 0 unspecified atom stereocenters. The maximum absolute atomic E-state index is 13.3. The summed E-state index contributed by atoms with van der Waals surface area (Å²) in [5.74, 6) is 2.00. The summed E-state index contributed by atoms with van der Waals surface area (Å²) >= 11 is 5.91. The van der Waals surface area contributed by atoms with E-state index in [9.17, 15) is 9.32 Å². The number of aliphatic hydroxyl groups is 1. The molecular formula is C22H25ClN6O2S. The Morgan fingerprint density at radius 3 is 2.56 bits per heavy atom. The molecule has 4 aliphatic rings. The first-order chi connectivity index (χ1) is 15.5. The smallest absolute Gasteiger partial charge is 0.227 e. The van der Waals surface area contributed by atoms with Gasteiger partial charge in [-0.05, 0) is 44.1 Å². The van der Waals surface area contributed by atoms with E-state index < -0.39 is 10.8 Å². The van der Waals surface area contributed by atoms with Crippen LogP contribution in [0.1, 0.15) is 50.0 Å². The molecule has 1 atom stereocenters. The van der Waals surface area contributed by atoms with Gasteiger partial charge in [0.15, 0.2) is 5.82 Å². The zero-order chi connectivity index (χ0) is 21.9. The number of nitrogens with zero attached hydrogens (tertiary/aromatic N) is 5. The van der Waals surface area contributed by atoms with Crippen molar-refractivity contribution in [2.24, 2.45) is 0 Å². The van der Waals surface area contributed by atoms with Crippen molar-refractivity contribution < 1.29 is 9.32 Å². The predicted octanol–water partition coefficient (Wildman–Crippen LogP) is 2.74. The Labute approximate surface area is 194 Å². The Morgan fingerprint density at radius 1 is 1.19 bits per heavy atom. The molecule has 0 bridgehead atoms. The van der Waals surface area contributed by atoms with Gasteiger partial charge in [-0.3, -0.25) is 4.21 Å². The number of aliphatic hydroxyl groups excluding tert-OH is 1. The van der Waals surface area contributed by atoms with Crippen LogP contribution in [-0.2, 0) is 17.2 Å². The van der Waals surface area contributed by atoms with Crippen LogP contribution in [0.3, 0.4) is 0 Å². The monoisotopic (exact) mass is 472 g/mol. The molecule has 6 rings (SSSR count). The molecule has 1 spiro atoms. The van der Waals surface area contributed by atoms with Gasteiger partial charge < -0.3 is 15.3 Å². The number of hydrogen-bond acceptors (Lipinski definition) is 8. The average Bonchev–Trinajstić information content (AvgIpc) is 3.51. The molecule has 2 aromatic heterocycles. The molecule has 4 heterocycles. The molecule has 0 aromatic carbocycles. The van der Waals surface area contributed by atoms with Crippen LogP contribution >= 0.6 is 11.6 Å². The zero-order valence-corrected chi connectivity index (χ0v) is 19.3. The SMILES string of the molecule is O=[S@@]1c2c(nc(N3CC=C(c4ncc(Cl)cn4)CC3)nc2NC2(CO)CCC2)CC12CC2. The van der Waals surface area contributed by atoms with Crippen LogP contribution in [0, 0.1) is 0 Å². The number of hydrogen-bond donors (Lipinski definition) is 2. The van der Waals surface area contributed by atoms with Crippen molar-refractivity contribution in [1.29, 1.82) is 0 Å². The summed E-state index contributed by atoms with van der Waals surface area (Å²) in [6.45, 7) is 1.45. The van der Waals surface area contributed by atoms with Crippen LogP contribution in [0.15, 0.2) is 23.4 Å². The Kier molecular flexibility index (Phi) is 4.78. The molecule has 2 aromatic rings. The highest BCUT2D eigenvalue weighted by Crippen LogP contribution is 2.54. The summed E-state index contributed by atoms with van der Waals surface area (Å²) in [5.41, 5.74) is 1.63. The third-order valence-corrected chi connectivity index (χ3v) is 9.53. The standard InChI is InChI=1S/C22H25ClN6O2S/c23-15-11-24-18(25-12-15)14-2-8-29(9-3-14)20-26-16-10-22(6-7-22)32(31)17(16)19(27-20)28-21(13-30)4-1-5-21/h2,11-12,30H,1,3-10,13H2,(H,26,27,28)/t32-/m1/s1. The molecular weight excluding hydrogens is 448 g/mol. The van der Waals surface area contributed by atoms with Crippen molar-refractivity contribution in [1.82, 2.24) is 19.9 Å². The van der Waals surface area contributed by atoms with E-state index in [1.54, 1.807) is 12.4 Å². The number of rotatable bonds is 5. The molecule has 2 aliphatic carbocycles. The van der Waals surface area contributed by atoms with Gasteiger partial charge in [-0.25, -0.2) is 15.0 Å². The van der Waals surface area contributed by atoms with Crippen LogP contribution in [0.2, 0.25) is 5.02 Å². The van der Waals surface area contributed by atoms with Gasteiger partial charge >= 0.3 is 0 Å². The van der Waals surface area contributed by atoms with Gasteiger partial charge in [0.05, 0.1) is 38.4 Å². The third kappa shape index (κ3) is 3.33. The second-order valence-electron chi connectivity index (χ2n) is 9.34. The first kappa shape index (κ1) is 20.5. The quantitative estimate of drug-likeness (QED) is 0.684. The van der Waals surface area contributed by atoms with Crippen LogP contribution in [0.25, 0.3) is 5.57 Å². The van der Waals surface area contributed by atoms with Gasteiger partial charge in [-0.1, -0.05) is 17.7 Å². The van der Waals surface area contributed by atoms with Crippen molar-refractivity contribution in [3.05, 3.63) is 35.0 Å². The van der Waals surface area contributed by atoms with Crippen molar-refractivity contribution in [2.75, 3.05) is 29.9 Å². The lowest BCUT2D eigenvalue weighted by Crippen LogP contribution is -2.48. The van der Waals surface area contributed by atoms with Crippen LogP contribution < -0.4 is 10.2 Å². The van der Waals surface area contributed by atoms with Crippen molar-refractivity contribution in [3.8, 4) is 0 Å². The maximum Gasteiger partial charge on any atom is 0.227 e. The highest BCUT2D eigenvalue weighted by Gasteiger charge is 2.56. The highest BCUT2D eigenvalue weighted by atomic mass is 35.5. The molecule has 2 fully saturated rings. The number of anilines is 2. The molecule has 168 valence electrons. The van der Waals surface area contributed by atoms with Crippen LogP contribution in [-0.4, -0.2) is 59.2 Å². The molecule has 2 aliphatic heterocycles. The minimum atomic E-state index is -1.10. The second kappa shape index (κ2) is 7.46. The number of nitrogens with one attached hydrogen (secondary N) is 1. The minimum absolute atomic E-state index is 0.0514. The number of fused-ring (bicyclic) bond motifs is 1. The summed E-state index contributed by atoms with van der Waals surface area (Å²) < 4.78 is 13.1. The molecule has 0 radical (unpaired) electrons. The molecule has 32 heavy (non-hydrogen) atoms. The van der Waals surface area contributed by atoms with E-state index in [-0.39, 0.29) is 16.9 Å². The van der Waals surface area contributed by atoms with E-state index in [4.69, 9.17) is 21.6 Å². The highest BCUT2D eigenvalue weighted by molar-refractivity contribution is 7.87. The number of aromatic nitrogens is 4. The fourth-order valence-corrected chi connectivity index (χ4v) is 6.70. The van der Waals surface area contributed by atoms with Gasteiger partial charge in [0.1, 0.15) is 10.7 Å². The van der Waals surface area contributed by atoms with Gasteiger partial charge in [0.25, 0.3) is 0 Å². The molecule has 0 saturated heterocycles. The van der Waals surface area contributed by atoms with Gasteiger partial charge in [-0.15, -0.1) is 0 Å². The van der Waals surface area contributed by atoms with Crippen molar-refractivity contribution >= 4 is 39.7 Å².